The fourth-order valence-electron chi connectivity index (χ4n) is 2.07. The Hall–Kier alpha value is -2.18. The van der Waals surface area contributed by atoms with Gasteiger partial charge in [0.1, 0.15) is 11.8 Å². The number of hydrogen-bond donors (Lipinski definition) is 1. The van der Waals surface area contributed by atoms with Crippen LogP contribution in [0.2, 0.25) is 0 Å². The molecule has 2 rings (SSSR count). The zero-order valence-electron chi connectivity index (χ0n) is 11.2. The maximum Gasteiger partial charge on any atom is 0.573 e. The van der Waals surface area contributed by atoms with Crippen LogP contribution in [0.4, 0.5) is 13.2 Å². The highest BCUT2D eigenvalue weighted by Crippen LogP contribution is 2.34. The van der Waals surface area contributed by atoms with E-state index in [9.17, 15) is 18.0 Å². The summed E-state index contributed by atoms with van der Waals surface area (Å²) in [6, 6.07) is 5.23. The van der Waals surface area contributed by atoms with Crippen molar-refractivity contribution in [2.45, 2.75) is 25.7 Å². The van der Waals surface area contributed by atoms with E-state index in [1.54, 1.807) is 13.0 Å². The third kappa shape index (κ3) is 3.90. The number of para-hydroxylation sites is 1. The van der Waals surface area contributed by atoms with Gasteiger partial charge in [0.05, 0.1) is 6.61 Å². The number of esters is 1. The Labute approximate surface area is 119 Å². The monoisotopic (exact) mass is 301 g/mol. The van der Waals surface area contributed by atoms with Gasteiger partial charge in [-0.15, -0.1) is 13.2 Å². The van der Waals surface area contributed by atoms with Crippen molar-refractivity contribution in [1.29, 1.82) is 0 Å². The maximum atomic E-state index is 12.4. The number of ether oxygens (including phenoxy) is 2. The lowest BCUT2D eigenvalue weighted by Crippen LogP contribution is -2.31. The van der Waals surface area contributed by atoms with Crippen LogP contribution in [0.3, 0.4) is 0 Å². The van der Waals surface area contributed by atoms with Crippen LogP contribution in [0.1, 0.15) is 18.9 Å². The molecule has 0 amide bonds. The zero-order chi connectivity index (χ0) is 15.5. The van der Waals surface area contributed by atoms with Gasteiger partial charge in [-0.3, -0.25) is 0 Å². The normalized spacial score (nSPS) is 17.9. The van der Waals surface area contributed by atoms with Crippen LogP contribution in [0.15, 0.2) is 30.5 Å². The van der Waals surface area contributed by atoms with Crippen LogP contribution < -0.4 is 10.1 Å². The minimum atomic E-state index is -4.76. The Morgan fingerprint density at radius 2 is 2.10 bits per heavy atom. The van der Waals surface area contributed by atoms with Gasteiger partial charge in [-0.2, -0.15) is 0 Å². The summed E-state index contributed by atoms with van der Waals surface area (Å²) in [4.78, 5) is 11.6. The van der Waals surface area contributed by atoms with Gasteiger partial charge in [-0.1, -0.05) is 18.2 Å². The lowest BCUT2D eigenvalue weighted by Gasteiger charge is -2.14. The fourth-order valence-corrected chi connectivity index (χ4v) is 2.07. The van der Waals surface area contributed by atoms with E-state index >= 15 is 0 Å². The molecule has 1 aliphatic heterocycles. The summed E-state index contributed by atoms with van der Waals surface area (Å²) in [6.45, 7) is 1.94. The van der Waals surface area contributed by atoms with Gasteiger partial charge < -0.3 is 14.8 Å². The average Bonchev–Trinajstić information content (AvgIpc) is 2.87. The number of carbonyl (C=O) groups is 1. The number of rotatable bonds is 4. The lowest BCUT2D eigenvalue weighted by molar-refractivity contribution is -0.274. The molecule has 1 aliphatic rings. The molecule has 114 valence electrons. The SMILES string of the molecule is CCOC(=O)C1CC(c2ccccc2OC(F)(F)F)=CN1. The molecule has 1 N–H and O–H groups in total. The summed E-state index contributed by atoms with van der Waals surface area (Å²) < 4.78 is 46.0. The van der Waals surface area contributed by atoms with Crippen molar-refractivity contribution in [3.05, 3.63) is 36.0 Å². The second kappa shape index (κ2) is 6.07. The average molecular weight is 301 g/mol. The highest BCUT2D eigenvalue weighted by Gasteiger charge is 2.33. The Morgan fingerprint density at radius 1 is 1.38 bits per heavy atom. The number of alkyl halides is 3. The predicted molar refractivity (Wildman–Crippen MR) is 69.3 cm³/mol. The van der Waals surface area contributed by atoms with Gasteiger partial charge in [0.15, 0.2) is 0 Å². The highest BCUT2D eigenvalue weighted by molar-refractivity contribution is 5.83. The number of carbonyl (C=O) groups excluding carboxylic acids is 1. The molecule has 1 unspecified atom stereocenters. The molecular formula is C14H14F3NO3. The van der Waals surface area contributed by atoms with Gasteiger partial charge >= 0.3 is 12.3 Å². The van der Waals surface area contributed by atoms with Gasteiger partial charge in [-0.05, 0) is 18.6 Å². The zero-order valence-corrected chi connectivity index (χ0v) is 11.2. The molecule has 1 heterocycles. The second-order valence-electron chi connectivity index (χ2n) is 4.39. The van der Waals surface area contributed by atoms with Crippen LogP contribution in [0, 0.1) is 0 Å². The number of benzene rings is 1. The molecule has 1 aromatic rings. The summed E-state index contributed by atoms with van der Waals surface area (Å²) in [6.07, 6.45) is -3.00. The number of nitrogens with one attached hydrogen (secondary N) is 1. The van der Waals surface area contributed by atoms with E-state index in [4.69, 9.17) is 4.74 Å². The third-order valence-electron chi connectivity index (χ3n) is 2.91. The third-order valence-corrected chi connectivity index (χ3v) is 2.91. The Morgan fingerprint density at radius 3 is 2.76 bits per heavy atom. The molecule has 4 nitrogen and oxygen atoms in total. The topological polar surface area (TPSA) is 47.6 Å². The molecular weight excluding hydrogens is 287 g/mol. The highest BCUT2D eigenvalue weighted by atomic mass is 19.4. The largest absolute Gasteiger partial charge is 0.573 e. The Balaban J connectivity index is 2.15. The molecule has 7 heteroatoms. The van der Waals surface area contributed by atoms with E-state index in [1.807, 2.05) is 0 Å². The smallest absolute Gasteiger partial charge is 0.464 e. The fraction of sp³-hybridized carbons (Fsp3) is 0.357. The summed E-state index contributed by atoms with van der Waals surface area (Å²) in [5.41, 5.74) is 0.863. The van der Waals surface area contributed by atoms with E-state index in [0.29, 0.717) is 11.1 Å². The molecule has 0 fully saturated rings. The molecule has 0 aromatic heterocycles. The quantitative estimate of drug-likeness (QED) is 0.869. The van der Waals surface area contributed by atoms with Gasteiger partial charge in [0.25, 0.3) is 0 Å². The van der Waals surface area contributed by atoms with Crippen LogP contribution in [-0.4, -0.2) is 25.0 Å². The number of halogens is 3. The van der Waals surface area contributed by atoms with E-state index in [-0.39, 0.29) is 18.8 Å². The molecule has 0 radical (unpaired) electrons. The molecule has 0 bridgehead atoms. The van der Waals surface area contributed by atoms with Crippen LogP contribution in [0.5, 0.6) is 5.75 Å². The molecule has 0 saturated carbocycles. The van der Waals surface area contributed by atoms with Crippen molar-refractivity contribution in [3.8, 4) is 5.75 Å². The number of hydrogen-bond acceptors (Lipinski definition) is 4. The van der Waals surface area contributed by atoms with E-state index in [0.717, 1.165) is 0 Å². The van der Waals surface area contributed by atoms with Crippen molar-refractivity contribution in [2.75, 3.05) is 6.61 Å². The van der Waals surface area contributed by atoms with Gasteiger partial charge in [0, 0.05) is 18.2 Å². The maximum absolute atomic E-state index is 12.4. The van der Waals surface area contributed by atoms with Gasteiger partial charge in [-0.25, -0.2) is 4.79 Å². The molecule has 0 saturated heterocycles. The first-order valence-electron chi connectivity index (χ1n) is 6.37. The minimum Gasteiger partial charge on any atom is -0.464 e. The van der Waals surface area contributed by atoms with Crippen molar-refractivity contribution in [1.82, 2.24) is 5.32 Å². The molecule has 1 aromatic carbocycles. The second-order valence-corrected chi connectivity index (χ2v) is 4.39. The molecule has 0 spiro atoms. The standard InChI is InChI=1S/C14H14F3NO3/c1-2-20-13(19)11-7-9(8-18-11)10-5-3-4-6-12(10)21-14(15,16)17/h3-6,8,11,18H,2,7H2,1H3. The van der Waals surface area contributed by atoms with Crippen LogP contribution in [0.25, 0.3) is 5.57 Å². The van der Waals surface area contributed by atoms with Crippen LogP contribution >= 0.6 is 0 Å². The first-order valence-corrected chi connectivity index (χ1v) is 6.37. The lowest BCUT2D eigenvalue weighted by atomic mass is 10.0. The first kappa shape index (κ1) is 15.2. The van der Waals surface area contributed by atoms with Crippen molar-refractivity contribution < 1.29 is 27.4 Å². The summed E-state index contributed by atoms with van der Waals surface area (Å²) in [5, 5.41) is 2.81. The minimum absolute atomic E-state index is 0.247. The Bertz CT molecular complexity index is 555. The predicted octanol–water partition coefficient (Wildman–Crippen LogP) is 2.85. The molecule has 21 heavy (non-hydrogen) atoms. The first-order chi connectivity index (χ1) is 9.90. The van der Waals surface area contributed by atoms with Crippen molar-refractivity contribution in [3.63, 3.8) is 0 Å². The summed E-state index contributed by atoms with van der Waals surface area (Å²) >= 11 is 0. The van der Waals surface area contributed by atoms with Crippen LogP contribution in [-0.2, 0) is 9.53 Å². The van der Waals surface area contributed by atoms with E-state index in [2.05, 4.69) is 10.1 Å². The summed E-state index contributed by atoms with van der Waals surface area (Å²) in [5.74, 6) is -0.722. The van der Waals surface area contributed by atoms with E-state index < -0.39 is 18.4 Å². The van der Waals surface area contributed by atoms with Crippen molar-refractivity contribution >= 4 is 11.5 Å². The van der Waals surface area contributed by atoms with Gasteiger partial charge in [0.2, 0.25) is 0 Å². The van der Waals surface area contributed by atoms with Crippen molar-refractivity contribution in [2.24, 2.45) is 0 Å². The summed E-state index contributed by atoms with van der Waals surface area (Å²) in [7, 11) is 0. The Kier molecular flexibility index (Phi) is 4.40. The van der Waals surface area contributed by atoms with E-state index in [1.165, 1.54) is 24.4 Å². The molecule has 0 aliphatic carbocycles. The molecule has 1 atom stereocenters.